The zero-order valence-electron chi connectivity index (χ0n) is 79.0. The van der Waals surface area contributed by atoms with Crippen molar-refractivity contribution in [3.8, 4) is 0 Å². The number of ether oxygens (including phenoxy) is 4. The van der Waals surface area contributed by atoms with Gasteiger partial charge in [-0.05, 0) is 268 Å². The Morgan fingerprint density at radius 1 is 0.442 bits per heavy atom. The zero-order chi connectivity index (χ0) is 98.7. The van der Waals surface area contributed by atoms with Crippen LogP contribution in [-0.4, -0.2) is 162 Å². The van der Waals surface area contributed by atoms with Gasteiger partial charge in [-0.15, -0.1) is 0 Å². The normalized spacial score (nSPS) is 23.1. The first-order chi connectivity index (χ1) is 65.8. The lowest BCUT2D eigenvalue weighted by Crippen LogP contribution is -2.40. The smallest absolute Gasteiger partial charge is 0.391 e. The van der Waals surface area contributed by atoms with Crippen molar-refractivity contribution in [3.05, 3.63) is 203 Å². The van der Waals surface area contributed by atoms with E-state index in [1.165, 1.54) is 19.3 Å². The molecule has 7 atom stereocenters. The van der Waals surface area contributed by atoms with Crippen molar-refractivity contribution in [2.45, 2.75) is 292 Å². The third-order valence-electron chi connectivity index (χ3n) is 30.3. The molecule has 0 aromatic carbocycles. The molecule has 6 aliphatic carbocycles. The minimum atomic E-state index is -4.32. The molecule has 2 saturated heterocycles. The second kappa shape index (κ2) is 46.6. The van der Waals surface area contributed by atoms with E-state index in [1.807, 2.05) is 108 Å². The van der Waals surface area contributed by atoms with Crippen LogP contribution in [0.1, 0.15) is 311 Å². The molecule has 31 heteroatoms. The maximum atomic E-state index is 13.6. The fourth-order valence-electron chi connectivity index (χ4n) is 22.4. The summed E-state index contributed by atoms with van der Waals surface area (Å²) in [5, 5.41) is 33.7. The van der Waals surface area contributed by atoms with E-state index in [0.717, 1.165) is 111 Å². The Morgan fingerprint density at radius 3 is 1.34 bits per heavy atom. The van der Waals surface area contributed by atoms with Crippen LogP contribution in [0.2, 0.25) is 25.1 Å². The maximum absolute atomic E-state index is 13.6. The van der Waals surface area contributed by atoms with Crippen molar-refractivity contribution in [1.82, 2.24) is 22.0 Å². The van der Waals surface area contributed by atoms with Crippen LogP contribution in [0.5, 0.6) is 0 Å². The van der Waals surface area contributed by atoms with Crippen LogP contribution in [0, 0.1) is 40.9 Å². The molecule has 10 aromatic rings. The molecule has 0 radical (unpaired) electrons. The molecule has 2 aliphatic heterocycles. The van der Waals surface area contributed by atoms with Gasteiger partial charge < -0.3 is 56.3 Å². The number of Topliss-reactive ketones (excluding diaryl/α,β-unsaturated/α-hetero) is 5. The summed E-state index contributed by atoms with van der Waals surface area (Å²) in [5.41, 5.74) is 9.54. The molecule has 10 aromatic heterocycles. The molecule has 8 aliphatic rings. The van der Waals surface area contributed by atoms with Crippen LogP contribution >= 0.6 is 58.0 Å². The molecule has 12 heterocycles. The lowest BCUT2D eigenvalue weighted by Gasteiger charge is -2.37. The van der Waals surface area contributed by atoms with Crippen LogP contribution in [0.15, 0.2) is 122 Å². The summed E-state index contributed by atoms with van der Waals surface area (Å²) in [5.74, 6) is -8.96. The molecule has 8 fully saturated rings. The molecule has 7 unspecified atom stereocenters. The first-order valence-corrected chi connectivity index (χ1v) is 51.2. The van der Waals surface area contributed by atoms with E-state index in [-0.39, 0.29) is 130 Å². The van der Waals surface area contributed by atoms with Gasteiger partial charge in [0, 0.05) is 230 Å². The second-order valence-electron chi connectivity index (χ2n) is 40.3. The third kappa shape index (κ3) is 26.6. The monoisotopic (exact) mass is 2020 g/mol. The standard InChI is InChI=1S/C23H27ClF3NO3.C22H26ClF2NO2.C22H28ClNO3.2C20H24ClF2NO2/c24-18-4-2-10-28-19(15-6-11-31-12-7-15)13-17(21(18)28)20(29)5-9-22(30)8-1-3-16(14-22)23(25,26)27;23-19-2-1-10-26-17(12-16-7-11-28-14-16)13-18(21(19)26)20(27)4-3-15-5-8-22(24,25)9-6-15;1-27-13-6-16-14-17(20-18(23)4-2-12-24(16)20)19(25)5-9-22(26)8-3-7-21(15-22)10-11-21;1-26-11-8-15-12-16(19-17(21)5-3-10-24(15)19)18(25)7-6-14-4-2-9-20(22,23)13-14;1-13-11-14(6-8-20(13,22)23)4-5-18(26)16-12-15(7-10-25)24-9-2-3-17(21)19(16)24/h2,4,10,13,15-16,30H,1,3,5-9,11-12,14H2;1-2,10,13,15-16H,3-9,11-12,14H2;2,4,12,14,26H,3,5-11,13,15H2,1H3;3,5,10,12,14H,2,4,6-9,11,13H2,1H3;2-3,9,12-14,25H,4-8,10-11H2,1H3. The number of fused-ring (bicyclic) bond motifs is 5. The van der Waals surface area contributed by atoms with Gasteiger partial charge in [-0.25, -0.2) is 26.3 Å². The minimum absolute atomic E-state index is 0.0135. The van der Waals surface area contributed by atoms with Crippen molar-refractivity contribution in [3.63, 3.8) is 0 Å². The second-order valence-corrected chi connectivity index (χ2v) is 42.3. The van der Waals surface area contributed by atoms with E-state index in [0.29, 0.717) is 204 Å². The molecule has 3 N–H and O–H groups in total. The van der Waals surface area contributed by atoms with Gasteiger partial charge in [0.2, 0.25) is 11.8 Å². The highest BCUT2D eigenvalue weighted by atomic mass is 35.5. The summed E-state index contributed by atoms with van der Waals surface area (Å²) in [7, 11) is 3.31. The van der Waals surface area contributed by atoms with Crippen molar-refractivity contribution in [1.29, 1.82) is 0 Å². The minimum Gasteiger partial charge on any atom is -0.396 e. The lowest BCUT2D eigenvalue weighted by molar-refractivity contribution is -0.201. The Labute approximate surface area is 825 Å². The van der Waals surface area contributed by atoms with E-state index in [4.69, 9.17) is 77.0 Å². The average molecular weight is 2030 g/mol. The zero-order valence-corrected chi connectivity index (χ0v) is 82.7. The number of rotatable bonds is 31. The first kappa shape index (κ1) is 106. The molecule has 138 heavy (non-hydrogen) atoms. The van der Waals surface area contributed by atoms with Crippen molar-refractivity contribution >= 4 is 115 Å². The van der Waals surface area contributed by atoms with Gasteiger partial charge in [-0.1, -0.05) is 77.8 Å². The van der Waals surface area contributed by atoms with Crippen molar-refractivity contribution in [2.75, 3.05) is 60.5 Å². The number of methoxy groups -OCH3 is 2. The van der Waals surface area contributed by atoms with Gasteiger partial charge in [0.15, 0.2) is 28.9 Å². The van der Waals surface area contributed by atoms with Gasteiger partial charge >= 0.3 is 6.18 Å². The number of hydrogen-bond acceptors (Lipinski definition) is 12. The van der Waals surface area contributed by atoms with Crippen molar-refractivity contribution in [2.24, 2.45) is 40.9 Å². The molecule has 6 saturated carbocycles. The van der Waals surface area contributed by atoms with Gasteiger partial charge in [0.25, 0.3) is 5.92 Å². The Balaban J connectivity index is 0.000000138. The van der Waals surface area contributed by atoms with E-state index >= 15 is 0 Å². The van der Waals surface area contributed by atoms with Gasteiger partial charge in [-0.2, -0.15) is 13.2 Å². The van der Waals surface area contributed by atoms with Crippen LogP contribution in [0.4, 0.5) is 39.5 Å². The summed E-state index contributed by atoms with van der Waals surface area (Å²) >= 11 is 31.9. The highest BCUT2D eigenvalue weighted by Crippen LogP contribution is 2.60. The summed E-state index contributed by atoms with van der Waals surface area (Å²) < 4.78 is 151. The predicted molar refractivity (Wildman–Crippen MR) is 521 cm³/mol. The number of aliphatic hydroxyl groups excluding tert-OH is 1. The Kier molecular flexibility index (Phi) is 35.9. The molecule has 18 rings (SSSR count). The number of pyridine rings is 5. The van der Waals surface area contributed by atoms with E-state index in [2.05, 4.69) is 0 Å². The SMILES string of the molecule is CC1CC(CCC(=O)c2cc(CCO)n3cccc(Cl)c23)CCC1(F)F.COCCc1cc(C(=O)CCC2(O)CCCC3(CC3)C2)c2c(Cl)cccn12.COCCc1cc(C(=O)CCC2CCCC(F)(F)C2)c2c(Cl)cccn12.O=C(CCC1(O)CCCC(C(F)(F)F)C1)c1cc(C2CCOCC2)n2cccc(Cl)c12.O=C(CCC1CCC(F)(F)CC1)c1cc(CC2CCOC2)n2cccc(Cl)c12. The fraction of sp³-hybridized carbons (Fsp3) is 0.579. The number of aromatic nitrogens is 5. The summed E-state index contributed by atoms with van der Waals surface area (Å²) in [6.07, 6.45) is 24.0. The number of halogens is 14. The molecule has 17 nitrogen and oxygen atoms in total. The number of nitrogens with zero attached hydrogens (tertiary/aromatic N) is 5. The van der Waals surface area contributed by atoms with E-state index in [1.54, 1.807) is 57.5 Å². The van der Waals surface area contributed by atoms with E-state index in [9.17, 15) is 78.8 Å². The Hall–Kier alpha value is -7.31. The number of carbonyl (C=O) groups is 5. The average Bonchev–Trinajstić information content (AvgIpc) is 1.63. The van der Waals surface area contributed by atoms with Gasteiger partial charge in [0.1, 0.15) is 0 Å². The molecule has 0 amide bonds. The Bertz CT molecular complexity index is 5880. The molecule has 1 spiro atoms. The topological polar surface area (TPSA) is 205 Å². The summed E-state index contributed by atoms with van der Waals surface area (Å²) in [6, 6.07) is 27.5. The summed E-state index contributed by atoms with van der Waals surface area (Å²) in [4.78, 5) is 64.8. The van der Waals surface area contributed by atoms with Crippen LogP contribution in [0.25, 0.3) is 27.6 Å². The number of hydrogen-bond donors (Lipinski definition) is 3. The maximum Gasteiger partial charge on any atom is 0.391 e. The number of ketones is 5. The first-order valence-electron chi connectivity index (χ1n) is 49.3. The van der Waals surface area contributed by atoms with Crippen LogP contribution < -0.4 is 0 Å². The van der Waals surface area contributed by atoms with Gasteiger partial charge in [-0.3, -0.25) is 24.0 Å². The van der Waals surface area contributed by atoms with E-state index < -0.39 is 47.0 Å². The largest absolute Gasteiger partial charge is 0.396 e. The summed E-state index contributed by atoms with van der Waals surface area (Å²) in [6.45, 7) is 5.59. The highest BCUT2D eigenvalue weighted by Gasteiger charge is 2.52. The van der Waals surface area contributed by atoms with Crippen molar-refractivity contribution < 1.29 is 97.8 Å². The third-order valence-corrected chi connectivity index (χ3v) is 31.9. The van der Waals surface area contributed by atoms with Crippen LogP contribution in [-0.2, 0) is 44.6 Å². The van der Waals surface area contributed by atoms with Crippen LogP contribution in [0.3, 0.4) is 0 Å². The quantitative estimate of drug-likeness (QED) is 0.0274. The molecular formula is C107H129Cl5F9N5O12. The molecular weight excluding hydrogens is 1900 g/mol. The van der Waals surface area contributed by atoms with Gasteiger partial charge in [0.05, 0.1) is 83.0 Å². The predicted octanol–water partition coefficient (Wildman–Crippen LogP) is 27.5. The molecule has 752 valence electrons. The fourth-order valence-corrected chi connectivity index (χ4v) is 23.7. The number of aliphatic hydroxyl groups is 3. The molecule has 0 bridgehead atoms. The number of alkyl halides is 9. The number of carbonyl (C=O) groups excluding carboxylic acids is 5. The lowest BCUT2D eigenvalue weighted by atomic mass is 9.73. The highest BCUT2D eigenvalue weighted by molar-refractivity contribution is 6.37. The Morgan fingerprint density at radius 2 is 0.870 bits per heavy atom.